The summed E-state index contributed by atoms with van der Waals surface area (Å²) in [6.45, 7) is 0. The number of nitrogens with zero attached hydrogens (tertiary/aromatic N) is 3. The zero-order valence-electron chi connectivity index (χ0n) is 12.0. The number of aromatic hydroxyl groups is 3. The predicted octanol–water partition coefficient (Wildman–Crippen LogP) is 3.22. The molecule has 0 unspecified atom stereocenters. The molecular formula is C14H7ClFN3O6. The highest BCUT2D eigenvalue weighted by molar-refractivity contribution is 6.35. The Kier molecular flexibility index (Phi) is 3.89. The first-order valence-corrected chi connectivity index (χ1v) is 6.89. The van der Waals surface area contributed by atoms with Gasteiger partial charge in [0.25, 0.3) is 5.89 Å². The van der Waals surface area contributed by atoms with Crippen LogP contribution in [0.5, 0.6) is 17.2 Å². The Labute approximate surface area is 142 Å². The number of phenolic OH excluding ortho intramolecular Hbond substituents is 3. The second-order valence-corrected chi connectivity index (χ2v) is 5.18. The summed E-state index contributed by atoms with van der Waals surface area (Å²) in [5.74, 6) is -3.72. The van der Waals surface area contributed by atoms with Gasteiger partial charge in [0, 0.05) is 11.6 Å². The molecule has 3 N–H and O–H groups in total. The number of nitro groups is 1. The molecule has 0 saturated heterocycles. The monoisotopic (exact) mass is 367 g/mol. The van der Waals surface area contributed by atoms with Crippen molar-refractivity contribution in [1.82, 2.24) is 10.1 Å². The maximum Gasteiger partial charge on any atom is 0.315 e. The van der Waals surface area contributed by atoms with Crippen LogP contribution in [0, 0.1) is 15.9 Å². The Morgan fingerprint density at radius 2 is 1.92 bits per heavy atom. The fraction of sp³-hybridized carbons (Fsp3) is 0. The lowest BCUT2D eigenvalue weighted by Gasteiger charge is -2.04. The maximum absolute atomic E-state index is 13.1. The number of phenols is 3. The predicted molar refractivity (Wildman–Crippen MR) is 81.8 cm³/mol. The van der Waals surface area contributed by atoms with Gasteiger partial charge in [-0.05, 0) is 18.2 Å². The molecule has 128 valence electrons. The third kappa shape index (κ3) is 2.78. The minimum Gasteiger partial charge on any atom is -0.505 e. The average Bonchev–Trinajstić information content (AvgIpc) is 3.05. The van der Waals surface area contributed by atoms with E-state index in [0.717, 1.165) is 18.2 Å². The first-order valence-electron chi connectivity index (χ1n) is 6.51. The van der Waals surface area contributed by atoms with Crippen LogP contribution in [-0.2, 0) is 0 Å². The van der Waals surface area contributed by atoms with E-state index < -0.39 is 38.7 Å². The molecule has 0 amide bonds. The van der Waals surface area contributed by atoms with Gasteiger partial charge in [-0.25, -0.2) is 4.39 Å². The molecule has 9 nitrogen and oxygen atoms in total. The van der Waals surface area contributed by atoms with E-state index in [2.05, 4.69) is 10.1 Å². The van der Waals surface area contributed by atoms with E-state index in [1.54, 1.807) is 0 Å². The van der Waals surface area contributed by atoms with Gasteiger partial charge in [-0.1, -0.05) is 16.8 Å². The highest BCUT2D eigenvalue weighted by atomic mass is 35.5. The molecule has 0 aliphatic carbocycles. The molecule has 25 heavy (non-hydrogen) atoms. The van der Waals surface area contributed by atoms with E-state index in [4.69, 9.17) is 16.1 Å². The molecule has 11 heteroatoms. The summed E-state index contributed by atoms with van der Waals surface area (Å²) in [4.78, 5) is 13.9. The average molecular weight is 368 g/mol. The van der Waals surface area contributed by atoms with Crippen LogP contribution in [0.3, 0.4) is 0 Å². The van der Waals surface area contributed by atoms with Crippen LogP contribution in [0.15, 0.2) is 28.8 Å². The number of nitro benzene ring substituents is 1. The molecule has 2 aromatic carbocycles. The SMILES string of the molecule is O=[N+]([O-])c1cc(-c2nc(-c3ccc(F)c(O)c3)no2)c(Cl)c(O)c1O. The highest BCUT2D eigenvalue weighted by Gasteiger charge is 2.26. The van der Waals surface area contributed by atoms with Gasteiger partial charge < -0.3 is 19.8 Å². The normalized spacial score (nSPS) is 10.8. The molecular weight excluding hydrogens is 361 g/mol. The fourth-order valence-electron chi connectivity index (χ4n) is 2.02. The van der Waals surface area contributed by atoms with Crippen molar-refractivity contribution in [3.8, 4) is 40.1 Å². The number of rotatable bonds is 3. The Bertz CT molecular complexity index is 1010. The van der Waals surface area contributed by atoms with Gasteiger partial charge >= 0.3 is 5.69 Å². The van der Waals surface area contributed by atoms with Crippen molar-refractivity contribution in [2.24, 2.45) is 0 Å². The number of benzene rings is 2. The van der Waals surface area contributed by atoms with Crippen LogP contribution < -0.4 is 0 Å². The van der Waals surface area contributed by atoms with Crippen LogP contribution in [0.4, 0.5) is 10.1 Å². The van der Waals surface area contributed by atoms with Crippen molar-refractivity contribution in [3.63, 3.8) is 0 Å². The largest absolute Gasteiger partial charge is 0.505 e. The topological polar surface area (TPSA) is 143 Å². The molecule has 0 atom stereocenters. The van der Waals surface area contributed by atoms with Crippen molar-refractivity contribution in [2.75, 3.05) is 0 Å². The summed E-state index contributed by atoms with van der Waals surface area (Å²) in [6, 6.07) is 4.19. The Balaban J connectivity index is 2.11. The third-order valence-electron chi connectivity index (χ3n) is 3.25. The lowest BCUT2D eigenvalue weighted by molar-refractivity contribution is -0.385. The van der Waals surface area contributed by atoms with Crippen molar-refractivity contribution < 1.29 is 29.2 Å². The lowest BCUT2D eigenvalue weighted by Crippen LogP contribution is -1.92. The molecule has 0 aliphatic rings. The van der Waals surface area contributed by atoms with E-state index >= 15 is 0 Å². The van der Waals surface area contributed by atoms with Gasteiger partial charge in [-0.2, -0.15) is 4.98 Å². The first kappa shape index (κ1) is 16.5. The van der Waals surface area contributed by atoms with Gasteiger partial charge in [0.15, 0.2) is 17.3 Å². The summed E-state index contributed by atoms with van der Waals surface area (Å²) in [5, 5.41) is 42.8. The van der Waals surface area contributed by atoms with E-state index in [1.807, 2.05) is 0 Å². The lowest BCUT2D eigenvalue weighted by atomic mass is 10.1. The van der Waals surface area contributed by atoms with Gasteiger partial charge in [0.1, 0.15) is 0 Å². The Morgan fingerprint density at radius 1 is 1.20 bits per heavy atom. The van der Waals surface area contributed by atoms with Crippen molar-refractivity contribution >= 4 is 17.3 Å². The van der Waals surface area contributed by atoms with Crippen LogP contribution in [0.1, 0.15) is 0 Å². The molecule has 1 heterocycles. The second-order valence-electron chi connectivity index (χ2n) is 4.80. The van der Waals surface area contributed by atoms with Crippen molar-refractivity contribution in [1.29, 1.82) is 0 Å². The number of halogens is 2. The number of hydrogen-bond acceptors (Lipinski definition) is 8. The standard InChI is InChI=1S/C14H7ClFN3O6/c15-10-6(4-8(19(23)24)11(21)12(10)22)14-17-13(18-25-14)5-1-2-7(16)9(20)3-5/h1-4,20-22H. The van der Waals surface area contributed by atoms with Gasteiger partial charge in [0.05, 0.1) is 15.5 Å². The van der Waals surface area contributed by atoms with Crippen molar-refractivity contribution in [3.05, 3.63) is 45.2 Å². The maximum atomic E-state index is 13.1. The second kappa shape index (κ2) is 5.91. The van der Waals surface area contributed by atoms with E-state index in [0.29, 0.717) is 0 Å². The van der Waals surface area contributed by atoms with Gasteiger partial charge in [-0.3, -0.25) is 10.1 Å². The molecule has 3 aromatic rings. The molecule has 3 rings (SSSR count). The zero-order valence-corrected chi connectivity index (χ0v) is 12.7. The van der Waals surface area contributed by atoms with Gasteiger partial charge in [0.2, 0.25) is 11.6 Å². The van der Waals surface area contributed by atoms with Crippen LogP contribution in [-0.4, -0.2) is 30.4 Å². The van der Waals surface area contributed by atoms with Crippen LogP contribution in [0.25, 0.3) is 22.8 Å². The summed E-state index contributed by atoms with van der Waals surface area (Å²) in [7, 11) is 0. The summed E-state index contributed by atoms with van der Waals surface area (Å²) in [5.41, 5.74) is -0.785. The minimum atomic E-state index is -0.998. The Hall–Kier alpha value is -3.40. The highest BCUT2D eigenvalue weighted by Crippen LogP contribution is 2.46. The molecule has 0 fully saturated rings. The van der Waals surface area contributed by atoms with E-state index in [1.165, 1.54) is 6.07 Å². The summed E-state index contributed by atoms with van der Waals surface area (Å²) >= 11 is 5.86. The van der Waals surface area contributed by atoms with E-state index in [9.17, 15) is 29.8 Å². The summed E-state index contributed by atoms with van der Waals surface area (Å²) in [6.07, 6.45) is 0. The van der Waals surface area contributed by atoms with E-state index in [-0.39, 0.29) is 22.8 Å². The first-order chi connectivity index (χ1) is 11.8. The third-order valence-corrected chi connectivity index (χ3v) is 3.63. The summed E-state index contributed by atoms with van der Waals surface area (Å²) < 4.78 is 18.0. The molecule has 0 bridgehead atoms. The van der Waals surface area contributed by atoms with Crippen LogP contribution in [0.2, 0.25) is 5.02 Å². The van der Waals surface area contributed by atoms with Gasteiger partial charge in [-0.15, -0.1) is 0 Å². The fourth-order valence-corrected chi connectivity index (χ4v) is 2.24. The zero-order chi connectivity index (χ0) is 18.3. The number of aromatic nitrogens is 2. The van der Waals surface area contributed by atoms with Crippen molar-refractivity contribution in [2.45, 2.75) is 0 Å². The molecule has 1 aromatic heterocycles. The quantitative estimate of drug-likeness (QED) is 0.363. The Morgan fingerprint density at radius 3 is 2.56 bits per heavy atom. The molecule has 0 radical (unpaired) electrons. The molecule has 0 saturated carbocycles. The smallest absolute Gasteiger partial charge is 0.315 e. The molecule has 0 spiro atoms. The number of hydrogen-bond donors (Lipinski definition) is 3. The van der Waals surface area contributed by atoms with Crippen LogP contribution >= 0.6 is 11.6 Å². The minimum absolute atomic E-state index is 0.0587. The molecule has 0 aliphatic heterocycles.